The summed E-state index contributed by atoms with van der Waals surface area (Å²) >= 11 is 0. The van der Waals surface area contributed by atoms with Crippen LogP contribution in [-0.2, 0) is 6.42 Å². The zero-order valence-electron chi connectivity index (χ0n) is 11.7. The van der Waals surface area contributed by atoms with Crippen LogP contribution < -0.4 is 5.32 Å². The number of rotatable bonds is 4. The van der Waals surface area contributed by atoms with Crippen molar-refractivity contribution in [3.05, 3.63) is 71.0 Å². The van der Waals surface area contributed by atoms with Crippen LogP contribution in [0.3, 0.4) is 0 Å². The van der Waals surface area contributed by atoms with E-state index >= 15 is 0 Å². The summed E-state index contributed by atoms with van der Waals surface area (Å²) < 4.78 is 12.8. The van der Waals surface area contributed by atoms with Gasteiger partial charge in [0, 0.05) is 11.6 Å². The Kier molecular flexibility index (Phi) is 4.51. The van der Waals surface area contributed by atoms with Crippen molar-refractivity contribution in [1.82, 2.24) is 5.32 Å². The molecule has 0 radical (unpaired) electrons. The zero-order valence-corrected chi connectivity index (χ0v) is 11.7. The number of halogens is 1. The van der Waals surface area contributed by atoms with Crippen LogP contribution in [0.2, 0.25) is 0 Å². The maximum Gasteiger partial charge on any atom is 0.251 e. The molecule has 0 aliphatic rings. The fourth-order valence-electron chi connectivity index (χ4n) is 2.13. The van der Waals surface area contributed by atoms with E-state index in [2.05, 4.69) is 24.4 Å². The fraction of sp³-hybridized carbons (Fsp3) is 0.235. The SMILES string of the molecule is Cc1ccccc1CC(C)NC(=O)c1ccc(F)cc1. The van der Waals surface area contributed by atoms with Gasteiger partial charge in [-0.1, -0.05) is 24.3 Å². The first-order chi connectivity index (χ1) is 9.56. The Hall–Kier alpha value is -2.16. The van der Waals surface area contributed by atoms with Crippen LogP contribution in [0.15, 0.2) is 48.5 Å². The first-order valence-electron chi connectivity index (χ1n) is 6.67. The first kappa shape index (κ1) is 14.3. The number of hydrogen-bond acceptors (Lipinski definition) is 1. The fourth-order valence-corrected chi connectivity index (χ4v) is 2.13. The van der Waals surface area contributed by atoms with Gasteiger partial charge in [-0.2, -0.15) is 0 Å². The number of benzene rings is 2. The van der Waals surface area contributed by atoms with E-state index in [1.54, 1.807) is 0 Å². The van der Waals surface area contributed by atoms with Gasteiger partial charge in [0.1, 0.15) is 5.82 Å². The standard InChI is InChI=1S/C17H18FNO/c1-12-5-3-4-6-15(12)11-13(2)19-17(20)14-7-9-16(18)10-8-14/h3-10,13H,11H2,1-2H3,(H,19,20). The molecule has 0 spiro atoms. The summed E-state index contributed by atoms with van der Waals surface area (Å²) in [4.78, 5) is 12.0. The number of carbonyl (C=O) groups is 1. The molecule has 2 aromatic rings. The van der Waals surface area contributed by atoms with Crippen LogP contribution in [0.25, 0.3) is 0 Å². The lowest BCUT2D eigenvalue weighted by Crippen LogP contribution is -2.34. The minimum Gasteiger partial charge on any atom is -0.349 e. The third-order valence-corrected chi connectivity index (χ3v) is 3.27. The normalized spacial score (nSPS) is 11.9. The molecule has 1 N–H and O–H groups in total. The highest BCUT2D eigenvalue weighted by Gasteiger charge is 2.11. The van der Waals surface area contributed by atoms with Gasteiger partial charge in [0.25, 0.3) is 5.91 Å². The second-order valence-corrected chi connectivity index (χ2v) is 5.01. The quantitative estimate of drug-likeness (QED) is 0.906. The van der Waals surface area contributed by atoms with E-state index in [1.807, 2.05) is 19.1 Å². The molecule has 1 amide bonds. The predicted octanol–water partition coefficient (Wildman–Crippen LogP) is 3.50. The molecule has 0 aliphatic carbocycles. The molecule has 1 atom stereocenters. The number of carbonyl (C=O) groups excluding carboxylic acids is 1. The minimum atomic E-state index is -0.338. The predicted molar refractivity (Wildman–Crippen MR) is 78.2 cm³/mol. The molecular weight excluding hydrogens is 253 g/mol. The number of aryl methyl sites for hydroxylation is 1. The Bertz CT molecular complexity index is 592. The molecule has 0 aliphatic heterocycles. The summed E-state index contributed by atoms with van der Waals surface area (Å²) in [6.07, 6.45) is 0.777. The van der Waals surface area contributed by atoms with E-state index in [4.69, 9.17) is 0 Å². The smallest absolute Gasteiger partial charge is 0.251 e. The Morgan fingerprint density at radius 3 is 2.45 bits per heavy atom. The first-order valence-corrected chi connectivity index (χ1v) is 6.67. The molecule has 104 valence electrons. The molecule has 2 nitrogen and oxygen atoms in total. The second-order valence-electron chi connectivity index (χ2n) is 5.01. The van der Waals surface area contributed by atoms with Crippen LogP contribution in [0.1, 0.15) is 28.4 Å². The van der Waals surface area contributed by atoms with Crippen molar-refractivity contribution in [3.63, 3.8) is 0 Å². The average molecular weight is 271 g/mol. The summed E-state index contributed by atoms with van der Waals surface area (Å²) in [6, 6.07) is 13.7. The summed E-state index contributed by atoms with van der Waals surface area (Å²) in [5.74, 6) is -0.513. The van der Waals surface area contributed by atoms with Gasteiger partial charge in [0.15, 0.2) is 0 Å². The third-order valence-electron chi connectivity index (χ3n) is 3.27. The molecule has 20 heavy (non-hydrogen) atoms. The molecule has 2 aromatic carbocycles. The highest BCUT2D eigenvalue weighted by Crippen LogP contribution is 2.10. The van der Waals surface area contributed by atoms with Crippen LogP contribution in [0.5, 0.6) is 0 Å². The van der Waals surface area contributed by atoms with Crippen molar-refractivity contribution < 1.29 is 9.18 Å². The topological polar surface area (TPSA) is 29.1 Å². The molecule has 0 aromatic heterocycles. The average Bonchev–Trinajstić information content (AvgIpc) is 2.42. The van der Waals surface area contributed by atoms with Crippen LogP contribution in [0, 0.1) is 12.7 Å². The lowest BCUT2D eigenvalue weighted by atomic mass is 10.0. The molecule has 1 unspecified atom stereocenters. The number of amides is 1. The van der Waals surface area contributed by atoms with Crippen molar-refractivity contribution in [2.45, 2.75) is 26.3 Å². The van der Waals surface area contributed by atoms with Crippen LogP contribution >= 0.6 is 0 Å². The van der Waals surface area contributed by atoms with Crippen molar-refractivity contribution in [2.75, 3.05) is 0 Å². The molecule has 0 heterocycles. The van der Waals surface area contributed by atoms with Crippen molar-refractivity contribution >= 4 is 5.91 Å². The van der Waals surface area contributed by atoms with Gasteiger partial charge >= 0.3 is 0 Å². The molecule has 2 rings (SSSR count). The van der Waals surface area contributed by atoms with E-state index < -0.39 is 0 Å². The molecule has 0 bridgehead atoms. The maximum atomic E-state index is 12.8. The molecular formula is C17H18FNO. The Labute approximate surface area is 118 Å². The third kappa shape index (κ3) is 3.67. The summed E-state index contributed by atoms with van der Waals surface area (Å²) in [5, 5.41) is 2.93. The van der Waals surface area contributed by atoms with Crippen molar-refractivity contribution in [3.8, 4) is 0 Å². The van der Waals surface area contributed by atoms with Crippen LogP contribution in [-0.4, -0.2) is 11.9 Å². The van der Waals surface area contributed by atoms with Crippen molar-refractivity contribution in [2.24, 2.45) is 0 Å². The van der Waals surface area contributed by atoms with Gasteiger partial charge in [0.2, 0.25) is 0 Å². The van der Waals surface area contributed by atoms with E-state index in [9.17, 15) is 9.18 Å². The lowest BCUT2D eigenvalue weighted by Gasteiger charge is -2.15. The van der Waals surface area contributed by atoms with E-state index in [0.29, 0.717) is 5.56 Å². The van der Waals surface area contributed by atoms with E-state index in [-0.39, 0.29) is 17.8 Å². The van der Waals surface area contributed by atoms with Gasteiger partial charge in [-0.25, -0.2) is 4.39 Å². The summed E-state index contributed by atoms with van der Waals surface area (Å²) in [7, 11) is 0. The molecule has 0 saturated carbocycles. The molecule has 0 saturated heterocycles. The Morgan fingerprint density at radius 1 is 1.15 bits per heavy atom. The molecule has 0 fully saturated rings. The van der Waals surface area contributed by atoms with E-state index in [1.165, 1.54) is 35.4 Å². The van der Waals surface area contributed by atoms with E-state index in [0.717, 1.165) is 6.42 Å². The van der Waals surface area contributed by atoms with Gasteiger partial charge in [-0.3, -0.25) is 4.79 Å². The highest BCUT2D eigenvalue weighted by atomic mass is 19.1. The number of nitrogens with one attached hydrogen (secondary N) is 1. The van der Waals surface area contributed by atoms with Crippen molar-refractivity contribution in [1.29, 1.82) is 0 Å². The maximum absolute atomic E-state index is 12.8. The lowest BCUT2D eigenvalue weighted by molar-refractivity contribution is 0.0940. The van der Waals surface area contributed by atoms with Gasteiger partial charge in [-0.05, 0) is 55.7 Å². The monoisotopic (exact) mass is 271 g/mol. The number of hydrogen-bond donors (Lipinski definition) is 1. The molecule has 3 heteroatoms. The second kappa shape index (κ2) is 6.33. The highest BCUT2D eigenvalue weighted by molar-refractivity contribution is 5.94. The largest absolute Gasteiger partial charge is 0.349 e. The zero-order chi connectivity index (χ0) is 14.5. The minimum absolute atomic E-state index is 0.0219. The Balaban J connectivity index is 1.98. The van der Waals surface area contributed by atoms with Gasteiger partial charge in [0.05, 0.1) is 0 Å². The summed E-state index contributed by atoms with van der Waals surface area (Å²) in [6.45, 7) is 4.03. The Morgan fingerprint density at radius 2 is 1.80 bits per heavy atom. The van der Waals surface area contributed by atoms with Gasteiger partial charge in [-0.15, -0.1) is 0 Å². The summed E-state index contributed by atoms with van der Waals surface area (Å²) in [5.41, 5.74) is 2.91. The van der Waals surface area contributed by atoms with Crippen LogP contribution in [0.4, 0.5) is 4.39 Å². The van der Waals surface area contributed by atoms with Gasteiger partial charge < -0.3 is 5.32 Å².